The SMILES string of the molecule is Cc1cnccc1NCCNC(=O)c1cc(F)ccc1C. The molecule has 0 atom stereocenters. The van der Waals surface area contributed by atoms with Crippen LogP contribution in [-0.2, 0) is 0 Å². The molecule has 5 heteroatoms. The topological polar surface area (TPSA) is 54.0 Å². The first kappa shape index (κ1) is 15.0. The van der Waals surface area contributed by atoms with Gasteiger partial charge in [-0.1, -0.05) is 6.07 Å². The Morgan fingerprint density at radius 3 is 2.76 bits per heavy atom. The van der Waals surface area contributed by atoms with E-state index in [0.717, 1.165) is 16.8 Å². The number of hydrogen-bond acceptors (Lipinski definition) is 3. The molecule has 0 saturated carbocycles. The van der Waals surface area contributed by atoms with E-state index in [1.807, 2.05) is 13.0 Å². The first-order chi connectivity index (χ1) is 10.1. The van der Waals surface area contributed by atoms with Crippen LogP contribution in [0.3, 0.4) is 0 Å². The summed E-state index contributed by atoms with van der Waals surface area (Å²) in [6, 6.07) is 6.09. The molecule has 0 aliphatic heterocycles. The Morgan fingerprint density at radius 1 is 1.19 bits per heavy atom. The molecule has 0 aliphatic carbocycles. The molecule has 0 unspecified atom stereocenters. The van der Waals surface area contributed by atoms with Crippen LogP contribution in [0.15, 0.2) is 36.7 Å². The first-order valence-corrected chi connectivity index (χ1v) is 6.77. The van der Waals surface area contributed by atoms with E-state index in [0.29, 0.717) is 18.7 Å². The van der Waals surface area contributed by atoms with Crippen molar-refractivity contribution in [2.75, 3.05) is 18.4 Å². The normalized spacial score (nSPS) is 10.2. The molecule has 0 fully saturated rings. The summed E-state index contributed by atoms with van der Waals surface area (Å²) in [5.41, 5.74) is 3.16. The molecule has 110 valence electrons. The molecule has 2 aromatic rings. The molecule has 1 aromatic carbocycles. The van der Waals surface area contributed by atoms with E-state index in [9.17, 15) is 9.18 Å². The Bertz CT molecular complexity index is 643. The molecule has 2 N–H and O–H groups in total. The van der Waals surface area contributed by atoms with E-state index in [-0.39, 0.29) is 5.91 Å². The van der Waals surface area contributed by atoms with Crippen LogP contribution in [0.1, 0.15) is 21.5 Å². The molecule has 2 rings (SSSR count). The molecule has 21 heavy (non-hydrogen) atoms. The molecular formula is C16H18FN3O. The van der Waals surface area contributed by atoms with Crippen LogP contribution in [0.4, 0.5) is 10.1 Å². The number of hydrogen-bond donors (Lipinski definition) is 2. The highest BCUT2D eigenvalue weighted by Crippen LogP contribution is 2.11. The molecule has 0 bridgehead atoms. The quantitative estimate of drug-likeness (QED) is 0.831. The Morgan fingerprint density at radius 2 is 2.00 bits per heavy atom. The van der Waals surface area contributed by atoms with Crippen LogP contribution in [0.25, 0.3) is 0 Å². The lowest BCUT2D eigenvalue weighted by molar-refractivity contribution is 0.0954. The summed E-state index contributed by atoms with van der Waals surface area (Å²) in [6.45, 7) is 4.79. The average Bonchev–Trinajstić information content (AvgIpc) is 2.47. The first-order valence-electron chi connectivity index (χ1n) is 6.77. The Hall–Kier alpha value is -2.43. The summed E-state index contributed by atoms with van der Waals surface area (Å²) < 4.78 is 13.2. The highest BCUT2D eigenvalue weighted by molar-refractivity contribution is 5.95. The van der Waals surface area contributed by atoms with Gasteiger partial charge in [0.05, 0.1) is 0 Å². The van der Waals surface area contributed by atoms with Crippen LogP contribution < -0.4 is 10.6 Å². The maximum absolute atomic E-state index is 13.2. The van der Waals surface area contributed by atoms with Gasteiger partial charge in [0, 0.05) is 36.7 Å². The number of nitrogens with zero attached hydrogens (tertiary/aromatic N) is 1. The number of aryl methyl sites for hydroxylation is 2. The van der Waals surface area contributed by atoms with E-state index in [4.69, 9.17) is 0 Å². The molecule has 1 aromatic heterocycles. The predicted molar refractivity (Wildman–Crippen MR) is 80.9 cm³/mol. The third-order valence-electron chi connectivity index (χ3n) is 3.19. The number of amides is 1. The van der Waals surface area contributed by atoms with Gasteiger partial charge in [-0.15, -0.1) is 0 Å². The van der Waals surface area contributed by atoms with E-state index in [1.54, 1.807) is 25.4 Å². The van der Waals surface area contributed by atoms with Gasteiger partial charge in [0.25, 0.3) is 5.91 Å². The summed E-state index contributed by atoms with van der Waals surface area (Å²) in [5.74, 6) is -0.670. The second-order valence-electron chi connectivity index (χ2n) is 4.83. The molecule has 4 nitrogen and oxygen atoms in total. The number of aromatic nitrogens is 1. The number of rotatable bonds is 5. The maximum Gasteiger partial charge on any atom is 0.251 e. The van der Waals surface area contributed by atoms with Gasteiger partial charge in [0.1, 0.15) is 5.82 Å². The fourth-order valence-electron chi connectivity index (χ4n) is 1.98. The van der Waals surface area contributed by atoms with E-state index in [1.165, 1.54) is 12.1 Å². The third kappa shape index (κ3) is 4.02. The zero-order chi connectivity index (χ0) is 15.2. The van der Waals surface area contributed by atoms with Crippen molar-refractivity contribution in [2.45, 2.75) is 13.8 Å². The fraction of sp³-hybridized carbons (Fsp3) is 0.250. The number of anilines is 1. The Labute approximate surface area is 123 Å². The average molecular weight is 287 g/mol. The monoisotopic (exact) mass is 287 g/mol. The predicted octanol–water partition coefficient (Wildman–Crippen LogP) is 2.68. The minimum absolute atomic E-state index is 0.264. The molecule has 0 spiro atoms. The standard InChI is InChI=1S/C16H18FN3O/c1-11-3-4-13(17)9-14(11)16(21)20-8-7-19-15-5-6-18-10-12(15)2/h3-6,9-10H,7-8H2,1-2H3,(H,18,19)(H,20,21). The molecule has 1 heterocycles. The largest absolute Gasteiger partial charge is 0.383 e. The van der Waals surface area contributed by atoms with Gasteiger partial charge in [-0.05, 0) is 43.2 Å². The van der Waals surface area contributed by atoms with E-state index < -0.39 is 5.82 Å². The highest BCUT2D eigenvalue weighted by atomic mass is 19.1. The Kier molecular flexibility index (Phi) is 4.87. The maximum atomic E-state index is 13.2. The van der Waals surface area contributed by atoms with Crippen molar-refractivity contribution in [3.05, 3.63) is 59.2 Å². The van der Waals surface area contributed by atoms with E-state index >= 15 is 0 Å². The zero-order valence-electron chi connectivity index (χ0n) is 12.1. The third-order valence-corrected chi connectivity index (χ3v) is 3.19. The summed E-state index contributed by atoms with van der Waals surface area (Å²) in [7, 11) is 0. The fourth-order valence-corrected chi connectivity index (χ4v) is 1.98. The highest BCUT2D eigenvalue weighted by Gasteiger charge is 2.09. The molecule has 0 aliphatic rings. The number of carbonyl (C=O) groups is 1. The molecule has 0 radical (unpaired) electrons. The summed E-state index contributed by atoms with van der Waals surface area (Å²) in [5, 5.41) is 5.99. The van der Waals surface area contributed by atoms with Gasteiger partial charge in [0.15, 0.2) is 0 Å². The van der Waals surface area contributed by atoms with Gasteiger partial charge < -0.3 is 10.6 Å². The van der Waals surface area contributed by atoms with E-state index in [2.05, 4.69) is 15.6 Å². The van der Waals surface area contributed by atoms with Gasteiger partial charge in [-0.2, -0.15) is 0 Å². The van der Waals surface area contributed by atoms with Gasteiger partial charge >= 0.3 is 0 Å². The molecule has 0 saturated heterocycles. The Balaban J connectivity index is 1.85. The number of carbonyl (C=O) groups excluding carboxylic acids is 1. The van der Waals surface area contributed by atoms with Crippen LogP contribution in [0.5, 0.6) is 0 Å². The van der Waals surface area contributed by atoms with Gasteiger partial charge in [0.2, 0.25) is 0 Å². The van der Waals surface area contributed by atoms with Crippen molar-refractivity contribution in [3.8, 4) is 0 Å². The zero-order valence-corrected chi connectivity index (χ0v) is 12.1. The lowest BCUT2D eigenvalue weighted by Crippen LogP contribution is -2.29. The number of pyridine rings is 1. The van der Waals surface area contributed by atoms with Crippen molar-refractivity contribution in [2.24, 2.45) is 0 Å². The summed E-state index contributed by atoms with van der Waals surface area (Å²) in [6.07, 6.45) is 3.49. The van der Waals surface area contributed by atoms with Gasteiger partial charge in [-0.3, -0.25) is 9.78 Å². The van der Waals surface area contributed by atoms with Crippen LogP contribution >= 0.6 is 0 Å². The molecule has 1 amide bonds. The number of halogens is 1. The smallest absolute Gasteiger partial charge is 0.251 e. The van der Waals surface area contributed by atoms with Crippen molar-refractivity contribution >= 4 is 11.6 Å². The number of nitrogens with one attached hydrogen (secondary N) is 2. The van der Waals surface area contributed by atoms with Crippen molar-refractivity contribution in [3.63, 3.8) is 0 Å². The minimum Gasteiger partial charge on any atom is -0.383 e. The van der Waals surface area contributed by atoms with Crippen molar-refractivity contribution < 1.29 is 9.18 Å². The van der Waals surface area contributed by atoms with Crippen molar-refractivity contribution in [1.82, 2.24) is 10.3 Å². The second-order valence-corrected chi connectivity index (χ2v) is 4.83. The molecular weight excluding hydrogens is 269 g/mol. The lowest BCUT2D eigenvalue weighted by Gasteiger charge is -2.10. The minimum atomic E-state index is -0.406. The number of benzene rings is 1. The summed E-state index contributed by atoms with van der Waals surface area (Å²) >= 11 is 0. The van der Waals surface area contributed by atoms with Gasteiger partial charge in [-0.25, -0.2) is 4.39 Å². The van der Waals surface area contributed by atoms with Crippen LogP contribution in [-0.4, -0.2) is 24.0 Å². The second kappa shape index (κ2) is 6.83. The van der Waals surface area contributed by atoms with Crippen LogP contribution in [0, 0.1) is 19.7 Å². The summed E-state index contributed by atoms with van der Waals surface area (Å²) in [4.78, 5) is 16.0. The van der Waals surface area contributed by atoms with Crippen molar-refractivity contribution in [1.29, 1.82) is 0 Å². The van der Waals surface area contributed by atoms with Crippen LogP contribution in [0.2, 0.25) is 0 Å². The lowest BCUT2D eigenvalue weighted by atomic mass is 10.1.